The fourth-order valence-electron chi connectivity index (χ4n) is 2.70. The first-order chi connectivity index (χ1) is 12.7. The van der Waals surface area contributed by atoms with E-state index in [0.717, 1.165) is 22.0 Å². The van der Waals surface area contributed by atoms with Gasteiger partial charge in [0.05, 0.1) is 5.69 Å². The lowest BCUT2D eigenvalue weighted by atomic mass is 10.0. The number of halogens is 1. The molecule has 0 saturated heterocycles. The average Bonchev–Trinajstić information content (AvgIpc) is 3.11. The van der Waals surface area contributed by atoms with E-state index in [1.54, 1.807) is 24.3 Å². The van der Waals surface area contributed by atoms with Gasteiger partial charge in [0.15, 0.2) is 5.13 Å². The van der Waals surface area contributed by atoms with Gasteiger partial charge in [-0.3, -0.25) is 5.32 Å². The summed E-state index contributed by atoms with van der Waals surface area (Å²) in [5.74, 6) is 0. The summed E-state index contributed by atoms with van der Waals surface area (Å²) in [5.41, 5.74) is 2.55. The third-order valence-electron chi connectivity index (χ3n) is 3.89. The van der Waals surface area contributed by atoms with Crippen molar-refractivity contribution in [1.29, 1.82) is 0 Å². The molecule has 0 spiro atoms. The number of amides is 2. The molecule has 0 radical (unpaired) electrons. The number of nitrogens with zero attached hydrogens (tertiary/aromatic N) is 1. The molecule has 128 valence electrons. The summed E-state index contributed by atoms with van der Waals surface area (Å²) in [4.78, 5) is 16.7. The summed E-state index contributed by atoms with van der Waals surface area (Å²) < 4.78 is 0. The minimum atomic E-state index is -0.342. The normalized spacial score (nSPS) is 10.7. The highest BCUT2D eigenvalue weighted by molar-refractivity contribution is 7.14. The number of rotatable bonds is 3. The molecule has 0 aliphatic rings. The van der Waals surface area contributed by atoms with Crippen molar-refractivity contribution in [1.82, 2.24) is 4.98 Å². The van der Waals surface area contributed by atoms with E-state index in [1.807, 2.05) is 29.6 Å². The van der Waals surface area contributed by atoms with Crippen molar-refractivity contribution in [2.75, 3.05) is 10.6 Å². The van der Waals surface area contributed by atoms with Crippen molar-refractivity contribution in [3.8, 4) is 11.3 Å². The Labute approximate surface area is 159 Å². The fraction of sp³-hybridized carbons (Fsp3) is 0. The monoisotopic (exact) mass is 379 g/mol. The average molecular weight is 380 g/mol. The molecule has 0 fully saturated rings. The van der Waals surface area contributed by atoms with Gasteiger partial charge in [-0.25, -0.2) is 9.78 Å². The summed E-state index contributed by atoms with van der Waals surface area (Å²) in [5, 5.41) is 10.9. The van der Waals surface area contributed by atoms with Crippen LogP contribution in [0.25, 0.3) is 22.0 Å². The molecule has 4 aromatic rings. The van der Waals surface area contributed by atoms with E-state index in [4.69, 9.17) is 11.6 Å². The Hall–Kier alpha value is -2.89. The number of aromatic nitrogens is 1. The van der Waals surface area contributed by atoms with E-state index in [-0.39, 0.29) is 6.03 Å². The van der Waals surface area contributed by atoms with Crippen LogP contribution >= 0.6 is 22.9 Å². The lowest BCUT2D eigenvalue weighted by Crippen LogP contribution is -2.19. The van der Waals surface area contributed by atoms with E-state index < -0.39 is 0 Å². The topological polar surface area (TPSA) is 54.0 Å². The maximum Gasteiger partial charge on any atom is 0.325 e. The quantitative estimate of drug-likeness (QED) is 0.441. The van der Waals surface area contributed by atoms with Crippen molar-refractivity contribution in [3.05, 3.63) is 77.1 Å². The Kier molecular flexibility index (Phi) is 4.56. The van der Waals surface area contributed by atoms with Gasteiger partial charge in [-0.1, -0.05) is 54.1 Å². The van der Waals surface area contributed by atoms with Gasteiger partial charge in [-0.05, 0) is 35.0 Å². The van der Waals surface area contributed by atoms with Gasteiger partial charge >= 0.3 is 6.03 Å². The highest BCUT2D eigenvalue weighted by Gasteiger charge is 2.10. The number of nitrogens with one attached hydrogen (secondary N) is 2. The first kappa shape index (κ1) is 16.6. The minimum absolute atomic E-state index is 0.342. The van der Waals surface area contributed by atoms with Gasteiger partial charge in [0.1, 0.15) is 0 Å². The first-order valence-electron chi connectivity index (χ1n) is 7.96. The summed E-state index contributed by atoms with van der Waals surface area (Å²) in [6.07, 6.45) is 0. The molecule has 0 unspecified atom stereocenters. The van der Waals surface area contributed by atoms with Crippen molar-refractivity contribution in [2.24, 2.45) is 0 Å². The zero-order chi connectivity index (χ0) is 17.9. The lowest BCUT2D eigenvalue weighted by Gasteiger charge is -2.05. The molecular weight excluding hydrogens is 366 g/mol. The number of fused-ring (bicyclic) bond motifs is 1. The summed E-state index contributed by atoms with van der Waals surface area (Å²) in [7, 11) is 0. The van der Waals surface area contributed by atoms with Crippen molar-refractivity contribution in [3.63, 3.8) is 0 Å². The fourth-order valence-corrected chi connectivity index (χ4v) is 3.53. The summed E-state index contributed by atoms with van der Waals surface area (Å²) >= 11 is 7.23. The molecule has 1 aromatic heterocycles. The van der Waals surface area contributed by atoms with E-state index in [2.05, 4.69) is 33.8 Å². The molecule has 2 N–H and O–H groups in total. The van der Waals surface area contributed by atoms with E-state index in [9.17, 15) is 4.79 Å². The maximum absolute atomic E-state index is 12.1. The molecule has 0 atom stereocenters. The zero-order valence-electron chi connectivity index (χ0n) is 13.6. The second kappa shape index (κ2) is 7.15. The summed E-state index contributed by atoms with van der Waals surface area (Å²) in [6, 6.07) is 20.9. The summed E-state index contributed by atoms with van der Waals surface area (Å²) in [6.45, 7) is 0. The van der Waals surface area contributed by atoms with Crippen LogP contribution in [0.4, 0.5) is 15.6 Å². The van der Waals surface area contributed by atoms with Gasteiger partial charge in [-0.15, -0.1) is 11.3 Å². The zero-order valence-corrected chi connectivity index (χ0v) is 15.1. The highest BCUT2D eigenvalue weighted by Crippen LogP contribution is 2.31. The number of urea groups is 1. The first-order valence-corrected chi connectivity index (χ1v) is 9.22. The second-order valence-corrected chi connectivity index (χ2v) is 6.95. The third-order valence-corrected chi connectivity index (χ3v) is 4.90. The third kappa shape index (κ3) is 3.54. The van der Waals surface area contributed by atoms with Gasteiger partial charge in [0.25, 0.3) is 0 Å². The largest absolute Gasteiger partial charge is 0.325 e. The van der Waals surface area contributed by atoms with Gasteiger partial charge < -0.3 is 5.32 Å². The standard InChI is InChI=1S/C20H14ClN3OS/c21-14-8-10-15(11-9-14)22-19(25)24-20-23-18(12-26-20)17-7-3-5-13-4-1-2-6-16(13)17/h1-12H,(H2,22,23,24,25). The molecule has 0 bridgehead atoms. The molecule has 2 amide bonds. The SMILES string of the molecule is O=C(Nc1ccc(Cl)cc1)Nc1nc(-c2cccc3ccccc23)cs1. The molecule has 3 aromatic carbocycles. The Morgan fingerprint density at radius 1 is 0.923 bits per heavy atom. The van der Waals surface area contributed by atoms with Crippen LogP contribution < -0.4 is 10.6 Å². The number of anilines is 2. The highest BCUT2D eigenvalue weighted by atomic mass is 35.5. The van der Waals surface area contributed by atoms with Crippen LogP contribution in [-0.2, 0) is 0 Å². The number of hydrogen-bond donors (Lipinski definition) is 2. The molecule has 26 heavy (non-hydrogen) atoms. The van der Waals surface area contributed by atoms with Gasteiger partial charge in [0, 0.05) is 21.7 Å². The number of hydrogen-bond acceptors (Lipinski definition) is 3. The van der Waals surface area contributed by atoms with Crippen LogP contribution in [0.5, 0.6) is 0 Å². The predicted octanol–water partition coefficient (Wildman–Crippen LogP) is 6.26. The van der Waals surface area contributed by atoms with Gasteiger partial charge in [0.2, 0.25) is 0 Å². The van der Waals surface area contributed by atoms with Crippen molar-refractivity contribution < 1.29 is 4.79 Å². The number of carbonyl (C=O) groups is 1. The Bertz CT molecular complexity index is 1070. The number of benzene rings is 3. The van der Waals surface area contributed by atoms with Crippen LogP contribution in [0.3, 0.4) is 0 Å². The minimum Gasteiger partial charge on any atom is -0.308 e. The molecular formula is C20H14ClN3OS. The second-order valence-electron chi connectivity index (χ2n) is 5.65. The Balaban J connectivity index is 1.52. The van der Waals surface area contributed by atoms with Crippen LogP contribution in [-0.4, -0.2) is 11.0 Å². The van der Waals surface area contributed by atoms with E-state index in [1.165, 1.54) is 11.3 Å². The molecule has 0 aliphatic heterocycles. The van der Waals surface area contributed by atoms with Crippen molar-refractivity contribution >= 4 is 50.6 Å². The lowest BCUT2D eigenvalue weighted by molar-refractivity contribution is 0.262. The Morgan fingerprint density at radius 2 is 1.69 bits per heavy atom. The van der Waals surface area contributed by atoms with E-state index >= 15 is 0 Å². The Morgan fingerprint density at radius 3 is 2.54 bits per heavy atom. The smallest absolute Gasteiger partial charge is 0.308 e. The van der Waals surface area contributed by atoms with Gasteiger partial charge in [-0.2, -0.15) is 0 Å². The number of thiazole rings is 1. The molecule has 4 rings (SSSR count). The number of carbonyl (C=O) groups excluding carboxylic acids is 1. The van der Waals surface area contributed by atoms with Crippen LogP contribution in [0, 0.1) is 0 Å². The molecule has 1 heterocycles. The van der Waals surface area contributed by atoms with Crippen LogP contribution in [0.2, 0.25) is 5.02 Å². The maximum atomic E-state index is 12.1. The van der Waals surface area contributed by atoms with Crippen LogP contribution in [0.1, 0.15) is 0 Å². The predicted molar refractivity (Wildman–Crippen MR) is 109 cm³/mol. The van der Waals surface area contributed by atoms with Crippen molar-refractivity contribution in [2.45, 2.75) is 0 Å². The molecule has 4 nitrogen and oxygen atoms in total. The van der Waals surface area contributed by atoms with Crippen LogP contribution in [0.15, 0.2) is 72.1 Å². The molecule has 0 saturated carbocycles. The molecule has 6 heteroatoms. The molecule has 0 aliphatic carbocycles. The van der Waals surface area contributed by atoms with E-state index in [0.29, 0.717) is 15.8 Å².